The predicted molar refractivity (Wildman–Crippen MR) is 129 cm³/mol. The van der Waals surface area contributed by atoms with E-state index in [0.29, 0.717) is 31.0 Å². The standard InChI is InChI=1S/C27H32N2O4/c1-20(2)29(19-26(30)28(16-17-32-4)18-25-15-10-21(3)33-25)27(31)24-13-11-23(12-14-24)22-8-6-5-7-9-22/h5-15,20H,16-19H2,1-4H3. The molecule has 0 bridgehead atoms. The van der Waals surface area contributed by atoms with E-state index in [1.165, 1.54) is 0 Å². The molecule has 6 heteroatoms. The largest absolute Gasteiger partial charge is 0.464 e. The zero-order valence-corrected chi connectivity index (χ0v) is 19.8. The fraction of sp³-hybridized carbons (Fsp3) is 0.333. The predicted octanol–water partition coefficient (Wildman–Crippen LogP) is 4.78. The number of nitrogens with zero attached hydrogens (tertiary/aromatic N) is 2. The monoisotopic (exact) mass is 448 g/mol. The molecule has 2 aromatic carbocycles. The van der Waals surface area contributed by atoms with E-state index in [9.17, 15) is 9.59 Å². The molecule has 0 saturated carbocycles. The third-order valence-electron chi connectivity index (χ3n) is 5.49. The molecule has 33 heavy (non-hydrogen) atoms. The van der Waals surface area contributed by atoms with Crippen LogP contribution in [-0.2, 0) is 16.1 Å². The van der Waals surface area contributed by atoms with Gasteiger partial charge in [0.25, 0.3) is 5.91 Å². The maximum absolute atomic E-state index is 13.3. The first-order valence-corrected chi connectivity index (χ1v) is 11.2. The van der Waals surface area contributed by atoms with E-state index < -0.39 is 0 Å². The second-order valence-electron chi connectivity index (χ2n) is 8.29. The molecular formula is C27H32N2O4. The van der Waals surface area contributed by atoms with E-state index >= 15 is 0 Å². The van der Waals surface area contributed by atoms with Crippen LogP contribution in [0, 0.1) is 6.92 Å². The highest BCUT2D eigenvalue weighted by Crippen LogP contribution is 2.20. The van der Waals surface area contributed by atoms with Gasteiger partial charge in [0, 0.05) is 25.3 Å². The minimum Gasteiger partial charge on any atom is -0.464 e. The average molecular weight is 449 g/mol. The van der Waals surface area contributed by atoms with E-state index in [2.05, 4.69) is 0 Å². The second kappa shape index (κ2) is 11.5. The zero-order valence-electron chi connectivity index (χ0n) is 19.8. The normalized spacial score (nSPS) is 10.9. The highest BCUT2D eigenvalue weighted by atomic mass is 16.5. The Bertz CT molecular complexity index is 1040. The fourth-order valence-electron chi connectivity index (χ4n) is 3.59. The van der Waals surface area contributed by atoms with Crippen molar-refractivity contribution in [2.75, 3.05) is 26.8 Å². The minimum atomic E-state index is -0.168. The van der Waals surface area contributed by atoms with E-state index in [4.69, 9.17) is 9.15 Å². The van der Waals surface area contributed by atoms with Gasteiger partial charge >= 0.3 is 0 Å². The molecule has 3 rings (SSSR count). The number of hydrogen-bond acceptors (Lipinski definition) is 4. The molecule has 0 N–H and O–H groups in total. The zero-order chi connectivity index (χ0) is 23.8. The molecule has 1 aromatic heterocycles. The van der Waals surface area contributed by atoms with Crippen LogP contribution in [0.4, 0.5) is 0 Å². The molecule has 0 atom stereocenters. The number of benzene rings is 2. The summed E-state index contributed by atoms with van der Waals surface area (Å²) >= 11 is 0. The van der Waals surface area contributed by atoms with Crippen molar-refractivity contribution in [1.29, 1.82) is 0 Å². The van der Waals surface area contributed by atoms with Crippen molar-refractivity contribution in [1.82, 2.24) is 9.80 Å². The topological polar surface area (TPSA) is 63.0 Å². The summed E-state index contributed by atoms with van der Waals surface area (Å²) in [5.74, 6) is 1.18. The smallest absolute Gasteiger partial charge is 0.254 e. The molecule has 0 spiro atoms. The summed E-state index contributed by atoms with van der Waals surface area (Å²) in [5, 5.41) is 0. The summed E-state index contributed by atoms with van der Waals surface area (Å²) in [6, 6.07) is 21.1. The molecule has 0 aliphatic carbocycles. The van der Waals surface area contributed by atoms with Crippen LogP contribution in [0.2, 0.25) is 0 Å². The Morgan fingerprint density at radius 3 is 2.18 bits per heavy atom. The molecule has 0 saturated heterocycles. The molecule has 174 valence electrons. The van der Waals surface area contributed by atoms with Gasteiger partial charge in [0.15, 0.2) is 0 Å². The van der Waals surface area contributed by atoms with Crippen LogP contribution < -0.4 is 0 Å². The first-order valence-electron chi connectivity index (χ1n) is 11.2. The summed E-state index contributed by atoms with van der Waals surface area (Å²) in [6.07, 6.45) is 0. The van der Waals surface area contributed by atoms with Crippen molar-refractivity contribution in [3.05, 3.63) is 83.8 Å². The number of carbonyl (C=O) groups excluding carboxylic acids is 2. The Kier molecular flexibility index (Phi) is 8.44. The molecule has 0 aliphatic heterocycles. The lowest BCUT2D eigenvalue weighted by atomic mass is 10.0. The SMILES string of the molecule is COCCN(Cc1ccc(C)o1)C(=O)CN(C(=O)c1ccc(-c2ccccc2)cc1)C(C)C. The van der Waals surface area contributed by atoms with Crippen LogP contribution in [0.5, 0.6) is 0 Å². The number of rotatable bonds is 10. The Morgan fingerprint density at radius 1 is 0.939 bits per heavy atom. The Hall–Kier alpha value is -3.38. The van der Waals surface area contributed by atoms with Crippen LogP contribution >= 0.6 is 0 Å². The van der Waals surface area contributed by atoms with Gasteiger partial charge in [-0.3, -0.25) is 9.59 Å². The van der Waals surface area contributed by atoms with Crippen molar-refractivity contribution in [2.45, 2.75) is 33.4 Å². The summed E-state index contributed by atoms with van der Waals surface area (Å²) in [7, 11) is 1.60. The summed E-state index contributed by atoms with van der Waals surface area (Å²) in [6.45, 7) is 6.84. The third-order valence-corrected chi connectivity index (χ3v) is 5.49. The van der Waals surface area contributed by atoms with Crippen molar-refractivity contribution in [2.24, 2.45) is 0 Å². The lowest BCUT2D eigenvalue weighted by molar-refractivity contribution is -0.133. The summed E-state index contributed by atoms with van der Waals surface area (Å²) in [4.78, 5) is 29.7. The maximum Gasteiger partial charge on any atom is 0.254 e. The van der Waals surface area contributed by atoms with Gasteiger partial charge in [-0.25, -0.2) is 0 Å². The summed E-state index contributed by atoms with van der Waals surface area (Å²) < 4.78 is 10.8. The van der Waals surface area contributed by atoms with Crippen LogP contribution in [0.1, 0.15) is 35.7 Å². The minimum absolute atomic E-state index is 0.0135. The molecular weight excluding hydrogens is 416 g/mol. The number of ether oxygens (including phenoxy) is 1. The molecule has 3 aromatic rings. The van der Waals surface area contributed by atoms with E-state index in [0.717, 1.165) is 16.9 Å². The lowest BCUT2D eigenvalue weighted by Gasteiger charge is -2.30. The van der Waals surface area contributed by atoms with Crippen LogP contribution in [0.15, 0.2) is 71.1 Å². The highest BCUT2D eigenvalue weighted by Gasteiger charge is 2.25. The second-order valence-corrected chi connectivity index (χ2v) is 8.29. The van der Waals surface area contributed by atoms with E-state index in [-0.39, 0.29) is 24.4 Å². The molecule has 2 amide bonds. The lowest BCUT2D eigenvalue weighted by Crippen LogP contribution is -2.46. The number of methoxy groups -OCH3 is 1. The van der Waals surface area contributed by atoms with Crippen LogP contribution in [0.25, 0.3) is 11.1 Å². The van der Waals surface area contributed by atoms with Crippen molar-refractivity contribution in [3.63, 3.8) is 0 Å². The Balaban J connectivity index is 1.73. The highest BCUT2D eigenvalue weighted by molar-refractivity contribution is 5.97. The quantitative estimate of drug-likeness (QED) is 0.448. The summed E-state index contributed by atoms with van der Waals surface area (Å²) in [5.41, 5.74) is 2.69. The van der Waals surface area contributed by atoms with Crippen LogP contribution in [0.3, 0.4) is 0 Å². The van der Waals surface area contributed by atoms with E-state index in [1.807, 2.05) is 87.5 Å². The van der Waals surface area contributed by atoms with Crippen molar-refractivity contribution in [3.8, 4) is 11.1 Å². The van der Waals surface area contributed by atoms with Gasteiger partial charge in [-0.15, -0.1) is 0 Å². The van der Waals surface area contributed by atoms with Gasteiger partial charge in [0.1, 0.15) is 18.1 Å². The van der Waals surface area contributed by atoms with Gasteiger partial charge in [-0.05, 0) is 56.2 Å². The Morgan fingerprint density at radius 2 is 1.61 bits per heavy atom. The first-order chi connectivity index (χ1) is 15.9. The molecule has 0 radical (unpaired) electrons. The van der Waals surface area contributed by atoms with Gasteiger partial charge < -0.3 is 19.0 Å². The molecule has 0 fully saturated rings. The molecule has 0 unspecified atom stereocenters. The first kappa shape index (κ1) is 24.3. The van der Waals surface area contributed by atoms with E-state index in [1.54, 1.807) is 16.9 Å². The van der Waals surface area contributed by atoms with Crippen molar-refractivity contribution < 1.29 is 18.7 Å². The van der Waals surface area contributed by atoms with Crippen LogP contribution in [-0.4, -0.2) is 54.5 Å². The van der Waals surface area contributed by atoms with Crippen molar-refractivity contribution >= 4 is 11.8 Å². The maximum atomic E-state index is 13.3. The Labute approximate surface area is 195 Å². The number of hydrogen-bond donors (Lipinski definition) is 0. The third kappa shape index (κ3) is 6.56. The molecule has 6 nitrogen and oxygen atoms in total. The fourth-order valence-corrected chi connectivity index (χ4v) is 3.59. The number of amides is 2. The number of carbonyl (C=O) groups is 2. The number of furan rings is 1. The average Bonchev–Trinajstić information content (AvgIpc) is 3.24. The van der Waals surface area contributed by atoms with Gasteiger partial charge in [0.2, 0.25) is 5.91 Å². The molecule has 1 heterocycles. The van der Waals surface area contributed by atoms with Gasteiger partial charge in [-0.2, -0.15) is 0 Å². The van der Waals surface area contributed by atoms with Gasteiger partial charge in [0.05, 0.1) is 13.2 Å². The number of aryl methyl sites for hydroxylation is 1. The molecule has 0 aliphatic rings. The van der Waals surface area contributed by atoms with Gasteiger partial charge in [-0.1, -0.05) is 42.5 Å².